The first kappa shape index (κ1) is 27.5. The van der Waals surface area contributed by atoms with Crippen LogP contribution in [0.4, 0.5) is 13.2 Å². The molecule has 0 aromatic heterocycles. The highest BCUT2D eigenvalue weighted by Gasteiger charge is 2.35. The van der Waals surface area contributed by atoms with Gasteiger partial charge in [-0.1, -0.05) is 37.2 Å². The second-order valence-electron chi connectivity index (χ2n) is 9.58. The number of carbonyl (C=O) groups is 1. The minimum absolute atomic E-state index is 0.0989. The smallest absolute Gasteiger partial charge is 0.419 e. The number of rotatable bonds is 11. The molecule has 0 spiro atoms. The van der Waals surface area contributed by atoms with E-state index in [2.05, 4.69) is 10.1 Å². The van der Waals surface area contributed by atoms with Gasteiger partial charge in [0.15, 0.2) is 0 Å². The van der Waals surface area contributed by atoms with E-state index in [-0.39, 0.29) is 37.3 Å². The van der Waals surface area contributed by atoms with Gasteiger partial charge >= 0.3 is 12.1 Å². The number of alkyl halides is 3. The maximum atomic E-state index is 13.5. The van der Waals surface area contributed by atoms with Gasteiger partial charge in [-0.15, -0.1) is 0 Å². The van der Waals surface area contributed by atoms with Crippen LogP contribution in [0.5, 0.6) is 5.75 Å². The Kier molecular flexibility index (Phi) is 9.00. The van der Waals surface area contributed by atoms with Gasteiger partial charge in [-0.05, 0) is 73.2 Å². The molecule has 1 atom stereocenters. The van der Waals surface area contributed by atoms with E-state index in [1.165, 1.54) is 17.2 Å². The molecule has 0 saturated heterocycles. The molecule has 0 fully saturated rings. The van der Waals surface area contributed by atoms with Crippen molar-refractivity contribution in [1.29, 1.82) is 0 Å². The highest BCUT2D eigenvalue weighted by Crippen LogP contribution is 2.38. The van der Waals surface area contributed by atoms with Crippen LogP contribution in [0.3, 0.4) is 0 Å². The lowest BCUT2D eigenvalue weighted by Crippen LogP contribution is -2.25. The monoisotopic (exact) mass is 506 g/mol. The summed E-state index contributed by atoms with van der Waals surface area (Å²) in [5.74, 6) is -0.897. The third kappa shape index (κ3) is 7.22. The van der Waals surface area contributed by atoms with Crippen LogP contribution in [-0.2, 0) is 28.8 Å². The molecule has 3 rings (SSSR count). The molecule has 36 heavy (non-hydrogen) atoms. The number of hydrogen-bond donors (Lipinski definition) is 1. The molecule has 196 valence electrons. The van der Waals surface area contributed by atoms with E-state index in [1.54, 1.807) is 13.0 Å². The van der Waals surface area contributed by atoms with Crippen molar-refractivity contribution in [3.05, 3.63) is 64.2 Å². The highest BCUT2D eigenvalue weighted by molar-refractivity contribution is 5.98. The number of benzene rings is 2. The lowest BCUT2D eigenvalue weighted by atomic mass is 10.0. The molecule has 6 nitrogen and oxygen atoms in total. The number of carboxylic acids is 1. The molecule has 9 heteroatoms. The zero-order valence-corrected chi connectivity index (χ0v) is 21.1. The molecule has 0 heterocycles. The van der Waals surface area contributed by atoms with Crippen LogP contribution < -0.4 is 4.74 Å². The Labute approximate surface area is 209 Å². The standard InChI is InChI=1S/C27H33F3N2O4/c1-17(2)15-35-25-10-5-19(13-23(25)27(28,29)30)16-36-31-18(3)20-6-8-22-21(14-20)7-9-24(22)32(4)12-11-26(33)34/h5-6,8,10,13-14,17,24H,7,9,11-12,15-16H2,1-4H3,(H,33,34)/b31-18+. The lowest BCUT2D eigenvalue weighted by molar-refractivity contribution is -0.139. The Morgan fingerprint density at radius 2 is 1.97 bits per heavy atom. The van der Waals surface area contributed by atoms with Gasteiger partial charge in [-0.2, -0.15) is 13.2 Å². The van der Waals surface area contributed by atoms with Crippen molar-refractivity contribution in [2.24, 2.45) is 11.1 Å². The zero-order chi connectivity index (χ0) is 26.5. The average molecular weight is 507 g/mol. The molecule has 0 bridgehead atoms. The number of fused-ring (bicyclic) bond motifs is 1. The van der Waals surface area contributed by atoms with Crippen LogP contribution in [0.1, 0.15) is 67.5 Å². The number of carboxylic acid groups (broad SMARTS) is 1. The number of aliphatic carboxylic acids is 1. The van der Waals surface area contributed by atoms with Crippen molar-refractivity contribution < 1.29 is 32.6 Å². The quantitative estimate of drug-likeness (QED) is 0.296. The summed E-state index contributed by atoms with van der Waals surface area (Å²) in [5.41, 5.74) is 3.37. The van der Waals surface area contributed by atoms with Gasteiger partial charge in [-0.3, -0.25) is 9.69 Å². The van der Waals surface area contributed by atoms with E-state index in [1.807, 2.05) is 39.1 Å². The molecule has 0 radical (unpaired) electrons. The molecule has 1 unspecified atom stereocenters. The molecule has 1 N–H and O–H groups in total. The summed E-state index contributed by atoms with van der Waals surface area (Å²) >= 11 is 0. The summed E-state index contributed by atoms with van der Waals surface area (Å²) in [7, 11) is 1.93. The van der Waals surface area contributed by atoms with Crippen molar-refractivity contribution in [2.45, 2.75) is 58.9 Å². The molecule has 1 aliphatic rings. The van der Waals surface area contributed by atoms with E-state index in [0.717, 1.165) is 24.5 Å². The maximum Gasteiger partial charge on any atom is 0.419 e. The first-order valence-electron chi connectivity index (χ1n) is 12.0. The Balaban J connectivity index is 1.66. The molecule has 2 aromatic carbocycles. The van der Waals surface area contributed by atoms with Crippen LogP contribution in [0, 0.1) is 5.92 Å². The number of hydrogen-bond acceptors (Lipinski definition) is 5. The van der Waals surface area contributed by atoms with Gasteiger partial charge in [0.25, 0.3) is 0 Å². The summed E-state index contributed by atoms with van der Waals surface area (Å²) in [6, 6.07) is 10.1. The number of ether oxygens (including phenoxy) is 1. The topological polar surface area (TPSA) is 71.4 Å². The second kappa shape index (κ2) is 11.8. The normalized spacial score (nSPS) is 15.9. The van der Waals surface area contributed by atoms with Gasteiger partial charge in [0.05, 0.1) is 24.3 Å². The lowest BCUT2D eigenvalue weighted by Gasteiger charge is -2.24. The van der Waals surface area contributed by atoms with Crippen molar-refractivity contribution in [3.63, 3.8) is 0 Å². The van der Waals surface area contributed by atoms with Crippen molar-refractivity contribution in [2.75, 3.05) is 20.2 Å². The summed E-state index contributed by atoms with van der Waals surface area (Å²) < 4.78 is 45.9. The SMILES string of the molecule is C/C(=N\OCc1ccc(OCC(C)C)c(C(F)(F)F)c1)c1ccc2c(c1)CCC2N(C)CCC(=O)O. The molecule has 0 aliphatic heterocycles. The van der Waals surface area contributed by atoms with Gasteiger partial charge in [0.1, 0.15) is 12.4 Å². The van der Waals surface area contributed by atoms with Crippen molar-refractivity contribution in [3.8, 4) is 5.75 Å². The first-order valence-corrected chi connectivity index (χ1v) is 12.0. The largest absolute Gasteiger partial charge is 0.493 e. The highest BCUT2D eigenvalue weighted by atomic mass is 19.4. The van der Waals surface area contributed by atoms with E-state index in [9.17, 15) is 18.0 Å². The number of halogens is 3. The predicted molar refractivity (Wildman–Crippen MR) is 131 cm³/mol. The van der Waals surface area contributed by atoms with Gasteiger partial charge in [0.2, 0.25) is 0 Å². The molecule has 0 saturated carbocycles. The Morgan fingerprint density at radius 1 is 1.22 bits per heavy atom. The average Bonchev–Trinajstić information content (AvgIpc) is 3.24. The summed E-state index contributed by atoms with van der Waals surface area (Å²) in [6.07, 6.45) is -2.64. The van der Waals surface area contributed by atoms with Crippen LogP contribution in [0.15, 0.2) is 41.6 Å². The maximum absolute atomic E-state index is 13.5. The Bertz CT molecular complexity index is 1100. The van der Waals surface area contributed by atoms with Crippen LogP contribution in [0.25, 0.3) is 0 Å². The minimum atomic E-state index is -4.54. The summed E-state index contributed by atoms with van der Waals surface area (Å²) in [4.78, 5) is 18.3. The van der Waals surface area contributed by atoms with Gasteiger partial charge < -0.3 is 14.7 Å². The third-order valence-electron chi connectivity index (χ3n) is 6.17. The van der Waals surface area contributed by atoms with E-state index < -0.39 is 17.7 Å². The minimum Gasteiger partial charge on any atom is -0.493 e. The first-order chi connectivity index (χ1) is 17.0. The zero-order valence-electron chi connectivity index (χ0n) is 21.1. The fraction of sp³-hybridized carbons (Fsp3) is 0.481. The van der Waals surface area contributed by atoms with Crippen LogP contribution in [0.2, 0.25) is 0 Å². The van der Waals surface area contributed by atoms with Crippen molar-refractivity contribution >= 4 is 11.7 Å². The summed E-state index contributed by atoms with van der Waals surface area (Å²) in [5, 5.41) is 13.1. The van der Waals surface area contributed by atoms with Crippen LogP contribution in [-0.4, -0.2) is 41.9 Å². The second-order valence-corrected chi connectivity index (χ2v) is 9.58. The molecule has 2 aromatic rings. The van der Waals surface area contributed by atoms with Gasteiger partial charge in [0, 0.05) is 12.6 Å². The van der Waals surface area contributed by atoms with E-state index in [4.69, 9.17) is 14.7 Å². The Morgan fingerprint density at radius 3 is 2.64 bits per heavy atom. The summed E-state index contributed by atoms with van der Waals surface area (Å²) in [6.45, 7) is 6.11. The van der Waals surface area contributed by atoms with E-state index in [0.29, 0.717) is 17.8 Å². The van der Waals surface area contributed by atoms with Crippen LogP contribution >= 0.6 is 0 Å². The fourth-order valence-corrected chi connectivity index (χ4v) is 4.23. The molecular weight excluding hydrogens is 473 g/mol. The predicted octanol–water partition coefficient (Wildman–Crippen LogP) is 6.07. The Hall–Kier alpha value is -3.07. The van der Waals surface area contributed by atoms with Gasteiger partial charge in [-0.25, -0.2) is 0 Å². The molecule has 1 aliphatic carbocycles. The van der Waals surface area contributed by atoms with E-state index >= 15 is 0 Å². The number of aryl methyl sites for hydroxylation is 1. The third-order valence-corrected chi connectivity index (χ3v) is 6.17. The fourth-order valence-electron chi connectivity index (χ4n) is 4.23. The molecule has 0 amide bonds. The molecular formula is C27H33F3N2O4. The van der Waals surface area contributed by atoms with Crippen molar-refractivity contribution in [1.82, 2.24) is 4.90 Å². The number of oxime groups is 1. The number of nitrogens with zero attached hydrogens (tertiary/aromatic N) is 2.